The van der Waals surface area contributed by atoms with E-state index in [0.717, 1.165) is 0 Å². The molecule has 0 radical (unpaired) electrons. The van der Waals surface area contributed by atoms with Gasteiger partial charge in [0.2, 0.25) is 10.0 Å². The molecule has 0 atom stereocenters. The van der Waals surface area contributed by atoms with E-state index in [1.165, 1.54) is 26.2 Å². The molecular weight excluding hydrogens is 458 g/mol. The number of amides is 2. The first-order chi connectivity index (χ1) is 16.2. The summed E-state index contributed by atoms with van der Waals surface area (Å²) >= 11 is 0. The summed E-state index contributed by atoms with van der Waals surface area (Å²) in [5, 5.41) is 2.76. The maximum absolute atomic E-state index is 12.8. The number of para-hydroxylation sites is 1. The average Bonchev–Trinajstić information content (AvgIpc) is 2.83. The smallest absolute Gasteiger partial charge is 0.255 e. The molecule has 0 aliphatic carbocycles. The van der Waals surface area contributed by atoms with Gasteiger partial charge in [-0.25, -0.2) is 8.42 Å². The lowest BCUT2D eigenvalue weighted by Gasteiger charge is -2.13. The molecule has 0 spiro atoms. The Hall–Kier alpha value is -4.05. The predicted octanol–water partition coefficient (Wildman–Crippen LogP) is 3.39. The van der Waals surface area contributed by atoms with Crippen molar-refractivity contribution in [3.8, 4) is 11.5 Å². The Labute approximate surface area is 197 Å². The standard InChI is InChI=1S/C24H25N3O6S/c1-3-34(30,31)27-20-12-11-18(14-22(20)32-2)26-24(29)17-8-6-7-16(13-17)15-33-21-10-5-4-9-19(21)23(25)28/h4-14,27H,3,15H2,1-2H3,(H2,25,28)(H,26,29). The van der Waals surface area contributed by atoms with Crippen LogP contribution >= 0.6 is 0 Å². The first-order valence-corrected chi connectivity index (χ1v) is 12.0. The minimum Gasteiger partial charge on any atom is -0.494 e. The fourth-order valence-electron chi connectivity index (χ4n) is 3.06. The van der Waals surface area contributed by atoms with Crippen LogP contribution in [-0.4, -0.2) is 33.1 Å². The van der Waals surface area contributed by atoms with E-state index in [1.807, 2.05) is 0 Å². The summed E-state index contributed by atoms with van der Waals surface area (Å²) in [4.78, 5) is 24.3. The first-order valence-electron chi connectivity index (χ1n) is 10.3. The highest BCUT2D eigenvalue weighted by Gasteiger charge is 2.14. The number of carbonyl (C=O) groups excluding carboxylic acids is 2. The number of primary amides is 1. The van der Waals surface area contributed by atoms with E-state index in [4.69, 9.17) is 15.2 Å². The van der Waals surface area contributed by atoms with Crippen molar-refractivity contribution in [3.63, 3.8) is 0 Å². The topological polar surface area (TPSA) is 137 Å². The quantitative estimate of drug-likeness (QED) is 0.404. The van der Waals surface area contributed by atoms with Gasteiger partial charge in [0, 0.05) is 17.3 Å². The lowest BCUT2D eigenvalue weighted by atomic mass is 10.1. The molecule has 2 amide bonds. The number of nitrogens with two attached hydrogens (primary N) is 1. The van der Waals surface area contributed by atoms with Gasteiger partial charge in [-0.2, -0.15) is 0 Å². The number of benzene rings is 3. The summed E-state index contributed by atoms with van der Waals surface area (Å²) in [6, 6.07) is 18.1. The maximum Gasteiger partial charge on any atom is 0.255 e. The molecule has 0 unspecified atom stereocenters. The molecule has 3 aromatic rings. The molecule has 10 heteroatoms. The SMILES string of the molecule is CCS(=O)(=O)Nc1ccc(NC(=O)c2cccc(COc3ccccc3C(N)=O)c2)cc1OC. The van der Waals surface area contributed by atoms with Crippen LogP contribution in [0.4, 0.5) is 11.4 Å². The van der Waals surface area contributed by atoms with Crippen molar-refractivity contribution in [1.29, 1.82) is 0 Å². The van der Waals surface area contributed by atoms with Gasteiger partial charge in [0.05, 0.1) is 24.1 Å². The Morgan fingerprint density at radius 3 is 2.44 bits per heavy atom. The predicted molar refractivity (Wildman–Crippen MR) is 130 cm³/mol. The van der Waals surface area contributed by atoms with Crippen molar-refractivity contribution in [2.24, 2.45) is 5.73 Å². The van der Waals surface area contributed by atoms with Gasteiger partial charge < -0.3 is 20.5 Å². The summed E-state index contributed by atoms with van der Waals surface area (Å²) in [6.45, 7) is 1.66. The van der Waals surface area contributed by atoms with Crippen molar-refractivity contribution in [2.75, 3.05) is 22.9 Å². The molecule has 0 heterocycles. The lowest BCUT2D eigenvalue weighted by Crippen LogP contribution is -2.16. The molecule has 34 heavy (non-hydrogen) atoms. The Balaban J connectivity index is 1.71. The van der Waals surface area contributed by atoms with E-state index in [1.54, 1.807) is 54.6 Å². The molecule has 0 saturated heterocycles. The van der Waals surface area contributed by atoms with E-state index >= 15 is 0 Å². The fourth-order valence-corrected chi connectivity index (χ4v) is 3.70. The minimum absolute atomic E-state index is 0.0805. The number of methoxy groups -OCH3 is 1. The second-order valence-electron chi connectivity index (χ2n) is 7.22. The molecule has 3 aromatic carbocycles. The third-order valence-electron chi connectivity index (χ3n) is 4.84. The highest BCUT2D eigenvalue weighted by atomic mass is 32.2. The van der Waals surface area contributed by atoms with Gasteiger partial charge >= 0.3 is 0 Å². The monoisotopic (exact) mass is 483 g/mol. The van der Waals surface area contributed by atoms with Crippen LogP contribution in [0.2, 0.25) is 0 Å². The molecule has 4 N–H and O–H groups in total. The van der Waals surface area contributed by atoms with Crippen molar-refractivity contribution >= 4 is 33.2 Å². The van der Waals surface area contributed by atoms with Gasteiger partial charge in [-0.15, -0.1) is 0 Å². The lowest BCUT2D eigenvalue weighted by molar-refractivity contribution is 0.0994. The van der Waals surface area contributed by atoms with Crippen LogP contribution in [0.15, 0.2) is 66.7 Å². The van der Waals surface area contributed by atoms with Crippen LogP contribution in [0.1, 0.15) is 33.2 Å². The molecule has 178 valence electrons. The number of nitrogens with one attached hydrogen (secondary N) is 2. The summed E-state index contributed by atoms with van der Waals surface area (Å²) in [7, 11) is -2.07. The zero-order chi connectivity index (χ0) is 24.7. The van der Waals surface area contributed by atoms with Crippen LogP contribution in [0.25, 0.3) is 0 Å². The van der Waals surface area contributed by atoms with Gasteiger partial charge in [0.25, 0.3) is 11.8 Å². The van der Waals surface area contributed by atoms with Crippen LogP contribution in [-0.2, 0) is 16.6 Å². The Bertz CT molecular complexity index is 1310. The van der Waals surface area contributed by atoms with Crippen molar-refractivity contribution in [3.05, 3.63) is 83.4 Å². The number of rotatable bonds is 10. The number of carbonyl (C=O) groups is 2. The molecule has 0 aliphatic heterocycles. The van der Waals surface area contributed by atoms with Crippen LogP contribution in [0.5, 0.6) is 11.5 Å². The second-order valence-corrected chi connectivity index (χ2v) is 9.24. The van der Waals surface area contributed by atoms with E-state index in [9.17, 15) is 18.0 Å². The van der Waals surface area contributed by atoms with Crippen molar-refractivity contribution in [2.45, 2.75) is 13.5 Å². The van der Waals surface area contributed by atoms with Gasteiger partial charge in [0.1, 0.15) is 18.1 Å². The van der Waals surface area contributed by atoms with Gasteiger partial charge in [-0.1, -0.05) is 24.3 Å². The second kappa shape index (κ2) is 10.7. The molecule has 9 nitrogen and oxygen atoms in total. The molecule has 3 rings (SSSR count). The van der Waals surface area contributed by atoms with Crippen molar-refractivity contribution < 1.29 is 27.5 Å². The zero-order valence-corrected chi connectivity index (χ0v) is 19.5. The molecular formula is C24H25N3O6S. The zero-order valence-electron chi connectivity index (χ0n) is 18.7. The van der Waals surface area contributed by atoms with Gasteiger partial charge in [-0.05, 0) is 48.9 Å². The van der Waals surface area contributed by atoms with E-state index in [2.05, 4.69) is 10.0 Å². The number of ether oxygens (including phenoxy) is 2. The number of anilines is 2. The highest BCUT2D eigenvalue weighted by molar-refractivity contribution is 7.92. The number of hydrogen-bond donors (Lipinski definition) is 3. The highest BCUT2D eigenvalue weighted by Crippen LogP contribution is 2.29. The van der Waals surface area contributed by atoms with E-state index in [-0.39, 0.29) is 35.3 Å². The summed E-state index contributed by atoms with van der Waals surface area (Å²) in [6.07, 6.45) is 0. The molecule has 0 fully saturated rings. The number of sulfonamides is 1. The minimum atomic E-state index is -3.48. The molecule has 0 bridgehead atoms. The Morgan fingerprint density at radius 2 is 1.74 bits per heavy atom. The van der Waals surface area contributed by atoms with Crippen LogP contribution in [0.3, 0.4) is 0 Å². The summed E-state index contributed by atoms with van der Waals surface area (Å²) in [5.41, 5.74) is 7.46. The van der Waals surface area contributed by atoms with Gasteiger partial charge in [-0.3, -0.25) is 14.3 Å². The number of hydrogen-bond acceptors (Lipinski definition) is 6. The fraction of sp³-hybridized carbons (Fsp3) is 0.167. The van der Waals surface area contributed by atoms with Gasteiger partial charge in [0.15, 0.2) is 0 Å². The Kier molecular flexibility index (Phi) is 7.75. The van der Waals surface area contributed by atoms with Crippen LogP contribution < -0.4 is 25.2 Å². The Morgan fingerprint density at radius 1 is 0.971 bits per heavy atom. The van der Waals surface area contributed by atoms with E-state index < -0.39 is 15.9 Å². The van der Waals surface area contributed by atoms with E-state index in [0.29, 0.717) is 22.6 Å². The summed E-state index contributed by atoms with van der Waals surface area (Å²) < 4.78 is 37.1. The molecule has 0 saturated carbocycles. The maximum atomic E-state index is 12.8. The molecule has 0 aromatic heterocycles. The summed E-state index contributed by atoms with van der Waals surface area (Å²) in [5.74, 6) is -0.417. The van der Waals surface area contributed by atoms with Crippen LogP contribution in [0, 0.1) is 0 Å². The average molecular weight is 484 g/mol. The first kappa shape index (κ1) is 24.6. The normalized spacial score (nSPS) is 10.9. The third kappa shape index (κ3) is 6.26. The largest absolute Gasteiger partial charge is 0.494 e. The molecule has 0 aliphatic rings. The third-order valence-corrected chi connectivity index (χ3v) is 6.13. The van der Waals surface area contributed by atoms with Crippen molar-refractivity contribution in [1.82, 2.24) is 0 Å².